The molecule has 20 heavy (non-hydrogen) atoms. The molecule has 0 aliphatic carbocycles. The molecule has 0 spiro atoms. The molecule has 0 bridgehead atoms. The summed E-state index contributed by atoms with van der Waals surface area (Å²) in [4.78, 5) is -0.765. The van der Waals surface area contributed by atoms with Crippen LogP contribution in [0.2, 0.25) is 0 Å². The van der Waals surface area contributed by atoms with Crippen LogP contribution in [-0.4, -0.2) is 37.0 Å². The van der Waals surface area contributed by atoms with E-state index in [0.29, 0.717) is 0 Å². The molecule has 1 aromatic carbocycles. The topological polar surface area (TPSA) is 83.6 Å². The van der Waals surface area contributed by atoms with Gasteiger partial charge in [0, 0.05) is 18.8 Å². The van der Waals surface area contributed by atoms with Crippen molar-refractivity contribution in [2.45, 2.75) is 24.3 Å². The van der Waals surface area contributed by atoms with Gasteiger partial charge in [-0.1, -0.05) is 6.92 Å². The van der Waals surface area contributed by atoms with E-state index >= 15 is 0 Å². The SMILES string of the molecule is CC1CN(S(=O)(=O)c2cc(N)cc(F)c2F)CCC1O. The number of rotatable bonds is 2. The average molecular weight is 306 g/mol. The van der Waals surface area contributed by atoms with Crippen LogP contribution in [0, 0.1) is 17.6 Å². The summed E-state index contributed by atoms with van der Waals surface area (Å²) in [6.45, 7) is 1.81. The molecular formula is C12H16F2N2O3S. The number of nitrogens with two attached hydrogens (primary N) is 1. The summed E-state index contributed by atoms with van der Waals surface area (Å²) in [7, 11) is -4.17. The number of aliphatic hydroxyl groups is 1. The van der Waals surface area contributed by atoms with Crippen molar-refractivity contribution >= 4 is 15.7 Å². The largest absolute Gasteiger partial charge is 0.399 e. The number of aliphatic hydroxyl groups excluding tert-OH is 1. The third kappa shape index (κ3) is 2.63. The fraction of sp³-hybridized carbons (Fsp3) is 0.500. The molecule has 0 saturated carbocycles. The minimum absolute atomic E-state index is 0.0549. The van der Waals surface area contributed by atoms with E-state index in [1.807, 2.05) is 0 Å². The molecule has 112 valence electrons. The summed E-state index contributed by atoms with van der Waals surface area (Å²) in [5, 5.41) is 9.60. The molecule has 8 heteroatoms. The number of hydrogen-bond acceptors (Lipinski definition) is 4. The zero-order valence-corrected chi connectivity index (χ0v) is 11.7. The van der Waals surface area contributed by atoms with Crippen LogP contribution in [0.1, 0.15) is 13.3 Å². The monoisotopic (exact) mass is 306 g/mol. The maximum absolute atomic E-state index is 13.7. The Labute approximate surface area is 116 Å². The summed E-state index contributed by atoms with van der Waals surface area (Å²) in [5.41, 5.74) is 5.21. The van der Waals surface area contributed by atoms with Crippen molar-refractivity contribution in [1.29, 1.82) is 0 Å². The van der Waals surface area contributed by atoms with Gasteiger partial charge in [0.25, 0.3) is 0 Å². The number of hydrogen-bond donors (Lipinski definition) is 2. The van der Waals surface area contributed by atoms with E-state index in [9.17, 15) is 22.3 Å². The summed E-state index contributed by atoms with van der Waals surface area (Å²) in [6, 6.07) is 1.64. The quantitative estimate of drug-likeness (QED) is 0.797. The van der Waals surface area contributed by atoms with Crippen LogP contribution < -0.4 is 5.73 Å². The molecule has 3 N–H and O–H groups in total. The summed E-state index contributed by atoms with van der Waals surface area (Å²) in [6.07, 6.45) is -0.337. The number of nitrogen functional groups attached to an aromatic ring is 1. The molecule has 1 aliphatic rings. The highest BCUT2D eigenvalue weighted by atomic mass is 32.2. The first kappa shape index (κ1) is 15.1. The van der Waals surface area contributed by atoms with Crippen LogP contribution in [0.15, 0.2) is 17.0 Å². The highest BCUT2D eigenvalue weighted by Crippen LogP contribution is 2.27. The Balaban J connectivity index is 2.41. The lowest BCUT2D eigenvalue weighted by Crippen LogP contribution is -2.45. The molecule has 2 rings (SSSR count). The van der Waals surface area contributed by atoms with Crippen molar-refractivity contribution in [3.05, 3.63) is 23.8 Å². The van der Waals surface area contributed by atoms with Crippen LogP contribution in [0.5, 0.6) is 0 Å². The van der Waals surface area contributed by atoms with E-state index < -0.39 is 32.7 Å². The van der Waals surface area contributed by atoms with Crippen LogP contribution in [0.4, 0.5) is 14.5 Å². The van der Waals surface area contributed by atoms with Gasteiger partial charge in [-0.25, -0.2) is 17.2 Å². The molecule has 0 radical (unpaired) electrons. The van der Waals surface area contributed by atoms with Gasteiger partial charge in [0.1, 0.15) is 4.90 Å². The van der Waals surface area contributed by atoms with Crippen molar-refractivity contribution < 1.29 is 22.3 Å². The van der Waals surface area contributed by atoms with Crippen molar-refractivity contribution in [2.75, 3.05) is 18.8 Å². The lowest BCUT2D eigenvalue weighted by molar-refractivity contribution is 0.0628. The maximum atomic E-state index is 13.7. The lowest BCUT2D eigenvalue weighted by Gasteiger charge is -2.33. The number of nitrogens with zero attached hydrogens (tertiary/aromatic N) is 1. The standard InChI is InChI=1S/C12H16F2N2O3S/c1-7-6-16(3-2-10(7)17)20(18,19)11-5-8(15)4-9(13)12(11)14/h4-5,7,10,17H,2-3,6,15H2,1H3. The van der Waals surface area contributed by atoms with Gasteiger partial charge in [0.15, 0.2) is 11.6 Å². The van der Waals surface area contributed by atoms with E-state index in [2.05, 4.69) is 0 Å². The number of anilines is 1. The highest BCUT2D eigenvalue weighted by Gasteiger charge is 2.35. The van der Waals surface area contributed by atoms with E-state index in [-0.39, 0.29) is 31.1 Å². The van der Waals surface area contributed by atoms with Crippen LogP contribution in [0.3, 0.4) is 0 Å². The Morgan fingerprint density at radius 1 is 1.40 bits per heavy atom. The molecular weight excluding hydrogens is 290 g/mol. The fourth-order valence-electron chi connectivity index (χ4n) is 2.22. The minimum Gasteiger partial charge on any atom is -0.399 e. The van der Waals surface area contributed by atoms with Crippen molar-refractivity contribution in [2.24, 2.45) is 5.92 Å². The Kier molecular flexibility index (Phi) is 3.99. The van der Waals surface area contributed by atoms with Crippen LogP contribution >= 0.6 is 0 Å². The first-order chi connectivity index (χ1) is 9.23. The molecule has 2 unspecified atom stereocenters. The van der Waals surface area contributed by atoms with Crippen LogP contribution in [0.25, 0.3) is 0 Å². The van der Waals surface area contributed by atoms with Gasteiger partial charge >= 0.3 is 0 Å². The smallest absolute Gasteiger partial charge is 0.246 e. The second-order valence-corrected chi connectivity index (χ2v) is 6.92. The van der Waals surface area contributed by atoms with E-state index in [4.69, 9.17) is 5.73 Å². The molecule has 1 aromatic rings. The molecule has 1 aliphatic heterocycles. The zero-order chi connectivity index (χ0) is 15.1. The number of sulfonamides is 1. The number of piperidine rings is 1. The predicted molar refractivity (Wildman–Crippen MR) is 69.3 cm³/mol. The molecule has 0 amide bonds. The third-order valence-electron chi connectivity index (χ3n) is 3.46. The second-order valence-electron chi connectivity index (χ2n) is 5.01. The van der Waals surface area contributed by atoms with Gasteiger partial charge in [0.05, 0.1) is 6.10 Å². The van der Waals surface area contributed by atoms with E-state index in [0.717, 1.165) is 16.4 Å². The van der Waals surface area contributed by atoms with Crippen LogP contribution in [-0.2, 0) is 10.0 Å². The maximum Gasteiger partial charge on any atom is 0.246 e. The Bertz CT molecular complexity index is 621. The Morgan fingerprint density at radius 2 is 2.05 bits per heavy atom. The molecule has 2 atom stereocenters. The molecule has 0 aromatic heterocycles. The zero-order valence-electron chi connectivity index (χ0n) is 10.9. The number of halogens is 2. The number of benzene rings is 1. The van der Waals surface area contributed by atoms with Gasteiger partial charge in [0.2, 0.25) is 10.0 Å². The van der Waals surface area contributed by atoms with Gasteiger partial charge in [-0.05, 0) is 24.5 Å². The molecule has 1 heterocycles. The van der Waals surface area contributed by atoms with Gasteiger partial charge < -0.3 is 10.8 Å². The molecule has 5 nitrogen and oxygen atoms in total. The Hall–Kier alpha value is -1.25. The normalized spacial score (nSPS) is 24.8. The third-order valence-corrected chi connectivity index (χ3v) is 5.32. The van der Waals surface area contributed by atoms with Gasteiger partial charge in [-0.3, -0.25) is 0 Å². The van der Waals surface area contributed by atoms with Crippen molar-refractivity contribution in [3.8, 4) is 0 Å². The van der Waals surface area contributed by atoms with E-state index in [1.165, 1.54) is 0 Å². The highest BCUT2D eigenvalue weighted by molar-refractivity contribution is 7.89. The predicted octanol–water partition coefficient (Wildman–Crippen LogP) is 0.938. The van der Waals surface area contributed by atoms with Crippen molar-refractivity contribution in [1.82, 2.24) is 4.31 Å². The summed E-state index contributed by atoms with van der Waals surface area (Å²) >= 11 is 0. The first-order valence-corrected chi connectivity index (χ1v) is 7.60. The molecule has 1 fully saturated rings. The first-order valence-electron chi connectivity index (χ1n) is 6.16. The second kappa shape index (κ2) is 5.27. The molecule has 1 saturated heterocycles. The van der Waals surface area contributed by atoms with Gasteiger partial charge in [-0.2, -0.15) is 4.31 Å². The summed E-state index contributed by atoms with van der Waals surface area (Å²) in [5.74, 6) is -3.00. The lowest BCUT2D eigenvalue weighted by atomic mass is 9.99. The summed E-state index contributed by atoms with van der Waals surface area (Å²) < 4.78 is 52.8. The fourth-order valence-corrected chi connectivity index (χ4v) is 3.89. The Morgan fingerprint density at radius 3 is 2.65 bits per heavy atom. The van der Waals surface area contributed by atoms with Gasteiger partial charge in [-0.15, -0.1) is 0 Å². The average Bonchev–Trinajstić information content (AvgIpc) is 2.36. The minimum atomic E-state index is -4.17. The van der Waals surface area contributed by atoms with Crippen molar-refractivity contribution in [3.63, 3.8) is 0 Å². The van der Waals surface area contributed by atoms with E-state index in [1.54, 1.807) is 6.92 Å².